The van der Waals surface area contributed by atoms with Crippen molar-refractivity contribution >= 4 is 31.3 Å². The van der Waals surface area contributed by atoms with E-state index in [2.05, 4.69) is 29.5 Å². The normalized spacial score (nSPS) is 18.5. The molecule has 0 saturated carbocycles. The number of hydrogen-bond donors (Lipinski definition) is 2. The van der Waals surface area contributed by atoms with Crippen LogP contribution in [0.25, 0.3) is 5.69 Å². The van der Waals surface area contributed by atoms with Crippen LogP contribution in [0.4, 0.5) is 25.0 Å². The number of unbranched alkanes of at least 4 members (excludes halogenated alkanes) is 4. The first-order valence-electron chi connectivity index (χ1n) is 23.8. The molecule has 71 heavy (non-hydrogen) atoms. The third kappa shape index (κ3) is 14.5. The van der Waals surface area contributed by atoms with Gasteiger partial charge in [-0.15, -0.1) is 0 Å². The average Bonchev–Trinajstić information content (AvgIpc) is 4.10. The van der Waals surface area contributed by atoms with Gasteiger partial charge in [0.25, 0.3) is 0 Å². The Bertz CT molecular complexity index is 2610. The Labute approximate surface area is 409 Å². The van der Waals surface area contributed by atoms with Crippen molar-refractivity contribution in [3.05, 3.63) is 113 Å². The van der Waals surface area contributed by atoms with E-state index in [-0.39, 0.29) is 31.1 Å². The molecule has 0 spiro atoms. The highest BCUT2D eigenvalue weighted by Gasteiger charge is 2.45. The minimum absolute atomic E-state index is 0.0455. The fourth-order valence-electron chi connectivity index (χ4n) is 8.97. The predicted molar refractivity (Wildman–Crippen MR) is 254 cm³/mol. The lowest BCUT2D eigenvalue weighted by Gasteiger charge is -2.37. The molecular weight excluding hydrogens is 950 g/mol. The number of nitrogens with zero attached hydrogens (tertiary/aromatic N) is 8. The number of esters is 1. The number of aromatic nitrogens is 6. The molecule has 23 heteroatoms. The third-order valence-corrected chi connectivity index (χ3v) is 13.1. The van der Waals surface area contributed by atoms with Crippen molar-refractivity contribution in [2.75, 3.05) is 55.8 Å². The molecule has 2 fully saturated rings. The maximum Gasteiger partial charge on any atom is 0.511 e. The summed E-state index contributed by atoms with van der Waals surface area (Å²) in [5.41, 5.74) is 1.49. The monoisotopic (exact) mass is 1010 g/mol. The van der Waals surface area contributed by atoms with Crippen LogP contribution in [0.15, 0.2) is 90.5 Å². The number of halogens is 2. The first-order chi connectivity index (χ1) is 34.1. The third-order valence-electron chi connectivity index (χ3n) is 12.6. The number of benzene rings is 3. The standard InChI is InChI=1S/C48H61F2N8O12P/c1-4-44(34(2)68-47(61)70-35(3)69-45(59)10-8-6-5-7-9-25-67-71(62,63)64)58-46(60)57(33-53-58)40-14-12-38(13-15-40)54-21-23-55(24-22-54)39-16-18-41(19-17-39)65-28-36-27-48(66-29-36,30-56-32-51-31-52-56)42-20-11-37(49)26-43(42)50/h11-20,26,31-36,44H,4-10,21-25,27-30H2,1-3H3,(H2,62,63,64)/t34?,35?,36-,44+,48+/m1/s1. The van der Waals surface area contributed by atoms with Crippen molar-refractivity contribution in [1.82, 2.24) is 29.1 Å². The molecule has 7 rings (SSSR count). The van der Waals surface area contributed by atoms with Gasteiger partial charge in [0.1, 0.15) is 48.1 Å². The number of hydrogen-bond acceptors (Lipinski definition) is 15. The SMILES string of the molecule is CC[C@@H](C(C)OC(=O)OC(C)OC(=O)CCCCCCCOP(=O)(O)O)n1ncn(-c2ccc(N3CCN(c4ccc(OC[C@@H]5CO[C@@](Cn6cncn6)(c6ccc(F)cc6F)C5)cc4)CC3)cc2)c1=O. The van der Waals surface area contributed by atoms with Crippen LogP contribution in [-0.4, -0.2) is 109 Å². The van der Waals surface area contributed by atoms with Gasteiger partial charge in [-0.1, -0.05) is 32.3 Å². The maximum absolute atomic E-state index is 15.1. The van der Waals surface area contributed by atoms with Gasteiger partial charge in [-0.25, -0.2) is 41.8 Å². The highest BCUT2D eigenvalue weighted by atomic mass is 31.2. The van der Waals surface area contributed by atoms with Crippen LogP contribution < -0.4 is 20.2 Å². The molecule has 20 nitrogen and oxygen atoms in total. The molecule has 384 valence electrons. The smallest absolute Gasteiger partial charge is 0.493 e. The molecule has 4 heterocycles. The molecule has 2 saturated heterocycles. The highest BCUT2D eigenvalue weighted by Crippen LogP contribution is 2.42. The number of rotatable bonds is 24. The Morgan fingerprint density at radius 3 is 2.17 bits per heavy atom. The second-order valence-electron chi connectivity index (χ2n) is 17.7. The van der Waals surface area contributed by atoms with Gasteiger partial charge in [-0.05, 0) is 87.2 Å². The van der Waals surface area contributed by atoms with Crippen molar-refractivity contribution in [2.24, 2.45) is 5.92 Å². The Balaban J connectivity index is 0.831. The summed E-state index contributed by atoms with van der Waals surface area (Å²) in [5, 5.41) is 8.53. The number of carbonyl (C=O) groups is 2. The zero-order valence-electron chi connectivity index (χ0n) is 40.0. The molecule has 0 radical (unpaired) electrons. The molecule has 0 bridgehead atoms. The van der Waals surface area contributed by atoms with E-state index < -0.39 is 61.3 Å². The second kappa shape index (κ2) is 24.3. The molecule has 2 aromatic heterocycles. The first-order valence-corrected chi connectivity index (χ1v) is 25.3. The van der Waals surface area contributed by atoms with Crippen LogP contribution in [0, 0.1) is 17.6 Å². The summed E-state index contributed by atoms with van der Waals surface area (Å²) >= 11 is 0. The minimum Gasteiger partial charge on any atom is -0.493 e. The van der Waals surface area contributed by atoms with E-state index in [9.17, 15) is 23.3 Å². The van der Waals surface area contributed by atoms with Crippen LogP contribution in [0.3, 0.4) is 0 Å². The Morgan fingerprint density at radius 1 is 0.859 bits per heavy atom. The van der Waals surface area contributed by atoms with Crippen LogP contribution in [0.2, 0.25) is 0 Å². The second-order valence-corrected chi connectivity index (χ2v) is 18.9. The largest absolute Gasteiger partial charge is 0.511 e. The molecule has 5 aromatic rings. The topological polar surface area (TPSA) is 224 Å². The number of piperazine rings is 1. The predicted octanol–water partition coefficient (Wildman–Crippen LogP) is 7.07. The van der Waals surface area contributed by atoms with Crippen molar-refractivity contribution < 1.29 is 60.9 Å². The lowest BCUT2D eigenvalue weighted by molar-refractivity contribution is -0.169. The van der Waals surface area contributed by atoms with Crippen LogP contribution in [-0.2, 0) is 45.0 Å². The van der Waals surface area contributed by atoms with Gasteiger partial charge in [0.2, 0.25) is 6.29 Å². The molecule has 5 atom stereocenters. The number of ether oxygens (including phenoxy) is 5. The highest BCUT2D eigenvalue weighted by molar-refractivity contribution is 7.46. The van der Waals surface area contributed by atoms with E-state index in [1.165, 1.54) is 41.0 Å². The molecule has 3 aromatic carbocycles. The lowest BCUT2D eigenvalue weighted by Crippen LogP contribution is -2.46. The molecule has 2 aliphatic rings. The number of phosphoric ester groups is 1. The van der Waals surface area contributed by atoms with E-state index in [0.29, 0.717) is 63.2 Å². The van der Waals surface area contributed by atoms with E-state index >= 15 is 4.39 Å². The summed E-state index contributed by atoms with van der Waals surface area (Å²) in [6, 6.07) is 18.5. The van der Waals surface area contributed by atoms with E-state index in [4.69, 9.17) is 33.5 Å². The molecule has 0 aliphatic carbocycles. The van der Waals surface area contributed by atoms with Crippen molar-refractivity contribution in [1.29, 1.82) is 0 Å². The van der Waals surface area contributed by atoms with Crippen LogP contribution in [0.5, 0.6) is 5.75 Å². The van der Waals surface area contributed by atoms with Crippen molar-refractivity contribution in [2.45, 2.75) is 103 Å². The Kier molecular flexibility index (Phi) is 18.0. The Morgan fingerprint density at radius 2 is 1.52 bits per heavy atom. The van der Waals surface area contributed by atoms with Gasteiger partial charge in [0, 0.05) is 68.4 Å². The van der Waals surface area contributed by atoms with E-state index in [0.717, 1.165) is 50.0 Å². The van der Waals surface area contributed by atoms with Crippen LogP contribution >= 0.6 is 7.82 Å². The number of anilines is 2. The summed E-state index contributed by atoms with van der Waals surface area (Å²) in [5.74, 6) is -1.23. The first kappa shape index (κ1) is 52.6. The average molecular weight is 1010 g/mol. The van der Waals surface area contributed by atoms with Gasteiger partial charge in [-0.3, -0.25) is 9.32 Å². The van der Waals surface area contributed by atoms with Gasteiger partial charge in [0.05, 0.1) is 38.1 Å². The quantitative estimate of drug-likeness (QED) is 0.0273. The summed E-state index contributed by atoms with van der Waals surface area (Å²) in [7, 11) is -4.47. The molecule has 0 amide bonds. The van der Waals surface area contributed by atoms with Crippen LogP contribution in [0.1, 0.15) is 83.7 Å². The zero-order valence-corrected chi connectivity index (χ0v) is 40.9. The van der Waals surface area contributed by atoms with Crippen molar-refractivity contribution in [3.63, 3.8) is 0 Å². The molecule has 2 unspecified atom stereocenters. The Hall–Kier alpha value is -6.19. The van der Waals surface area contributed by atoms with Gasteiger partial charge >= 0.3 is 25.6 Å². The van der Waals surface area contributed by atoms with Gasteiger partial charge < -0.3 is 43.3 Å². The fraction of sp³-hybridized carbons (Fsp3) is 0.500. The number of phosphoric acid groups is 1. The lowest BCUT2D eigenvalue weighted by atomic mass is 9.87. The number of carbonyl (C=O) groups excluding carboxylic acids is 2. The summed E-state index contributed by atoms with van der Waals surface area (Å²) in [6.07, 6.45) is 5.35. The zero-order chi connectivity index (χ0) is 50.5. The summed E-state index contributed by atoms with van der Waals surface area (Å²) in [4.78, 5) is 64.5. The summed E-state index contributed by atoms with van der Waals surface area (Å²) < 4.78 is 76.5. The maximum atomic E-state index is 15.1. The molecule has 2 aliphatic heterocycles. The van der Waals surface area contributed by atoms with Crippen molar-refractivity contribution in [3.8, 4) is 11.4 Å². The fourth-order valence-corrected chi connectivity index (χ4v) is 9.34. The van der Waals surface area contributed by atoms with E-state index in [1.807, 2.05) is 55.5 Å². The van der Waals surface area contributed by atoms with E-state index in [1.54, 1.807) is 17.9 Å². The molecule has 2 N–H and O–H groups in total. The molecular formula is C48H61F2N8O12P. The summed E-state index contributed by atoms with van der Waals surface area (Å²) in [6.45, 7) is 8.83. The van der Waals surface area contributed by atoms with Gasteiger partial charge in [0.15, 0.2) is 0 Å². The minimum atomic E-state index is -4.47. The van der Waals surface area contributed by atoms with Gasteiger partial charge in [-0.2, -0.15) is 10.2 Å².